The summed E-state index contributed by atoms with van der Waals surface area (Å²) in [6, 6.07) is 6.98. The molecule has 0 saturated carbocycles. The van der Waals surface area contributed by atoms with Gasteiger partial charge in [0.15, 0.2) is 0 Å². The molecule has 0 amide bonds. The molecule has 3 heteroatoms. The molecule has 17 heavy (non-hydrogen) atoms. The summed E-state index contributed by atoms with van der Waals surface area (Å²) in [5, 5.41) is 0. The van der Waals surface area contributed by atoms with E-state index in [0.717, 1.165) is 13.0 Å². The van der Waals surface area contributed by atoms with Crippen LogP contribution in [0.1, 0.15) is 24.5 Å². The zero-order valence-electron chi connectivity index (χ0n) is 10.9. The van der Waals surface area contributed by atoms with Crippen LogP contribution in [0.3, 0.4) is 0 Å². The van der Waals surface area contributed by atoms with Gasteiger partial charge in [0.25, 0.3) is 0 Å². The lowest BCUT2D eigenvalue weighted by atomic mass is 10.1. The van der Waals surface area contributed by atoms with Gasteiger partial charge in [-0.25, -0.2) is 0 Å². The number of benzene rings is 1. The van der Waals surface area contributed by atoms with Crippen molar-refractivity contribution in [1.29, 1.82) is 0 Å². The standard InChI is InChI=1S/C14H22N2O/c1-10-8-13(5-4-12(10)9-15)16(3)14-6-7-17-11(14)2/h4-5,8,11,14H,6-7,9,15H2,1-3H3. The Morgan fingerprint density at radius 2 is 2.24 bits per heavy atom. The normalized spacial score (nSPS) is 24.0. The first-order chi connectivity index (χ1) is 8.13. The van der Waals surface area contributed by atoms with Gasteiger partial charge in [-0.2, -0.15) is 0 Å². The maximum Gasteiger partial charge on any atom is 0.0750 e. The van der Waals surface area contributed by atoms with Crippen molar-refractivity contribution >= 4 is 5.69 Å². The molecule has 3 nitrogen and oxygen atoms in total. The molecule has 94 valence electrons. The fraction of sp³-hybridized carbons (Fsp3) is 0.571. The average Bonchev–Trinajstić information content (AvgIpc) is 2.74. The van der Waals surface area contributed by atoms with Gasteiger partial charge < -0.3 is 15.4 Å². The maximum absolute atomic E-state index is 5.69. The number of hydrogen-bond donors (Lipinski definition) is 1. The van der Waals surface area contributed by atoms with Gasteiger partial charge in [-0.1, -0.05) is 6.07 Å². The quantitative estimate of drug-likeness (QED) is 0.870. The van der Waals surface area contributed by atoms with Gasteiger partial charge in [-0.3, -0.25) is 0 Å². The number of ether oxygens (including phenoxy) is 1. The summed E-state index contributed by atoms with van der Waals surface area (Å²) >= 11 is 0. The molecule has 1 aromatic carbocycles. The van der Waals surface area contributed by atoms with Crippen LogP contribution >= 0.6 is 0 Å². The first-order valence-corrected chi connectivity index (χ1v) is 6.27. The molecule has 0 bridgehead atoms. The molecule has 1 aliphatic heterocycles. The molecule has 2 atom stereocenters. The van der Waals surface area contributed by atoms with Crippen LogP contribution in [0.2, 0.25) is 0 Å². The number of anilines is 1. The number of nitrogens with zero attached hydrogens (tertiary/aromatic N) is 1. The van der Waals surface area contributed by atoms with E-state index in [2.05, 4.69) is 44.0 Å². The fourth-order valence-electron chi connectivity index (χ4n) is 2.55. The van der Waals surface area contributed by atoms with Gasteiger partial charge in [0, 0.05) is 25.9 Å². The van der Waals surface area contributed by atoms with Crippen molar-refractivity contribution in [1.82, 2.24) is 0 Å². The molecule has 0 radical (unpaired) electrons. The van der Waals surface area contributed by atoms with Gasteiger partial charge in [0.2, 0.25) is 0 Å². The number of rotatable bonds is 3. The molecule has 2 N–H and O–H groups in total. The Hall–Kier alpha value is -1.06. The average molecular weight is 234 g/mol. The lowest BCUT2D eigenvalue weighted by molar-refractivity contribution is 0.118. The first kappa shape index (κ1) is 12.4. The van der Waals surface area contributed by atoms with E-state index in [1.54, 1.807) is 0 Å². The van der Waals surface area contributed by atoms with Crippen molar-refractivity contribution in [2.75, 3.05) is 18.6 Å². The van der Waals surface area contributed by atoms with Crippen LogP contribution < -0.4 is 10.6 Å². The van der Waals surface area contributed by atoms with Gasteiger partial charge in [0.05, 0.1) is 12.1 Å². The monoisotopic (exact) mass is 234 g/mol. The topological polar surface area (TPSA) is 38.5 Å². The predicted molar refractivity (Wildman–Crippen MR) is 71.3 cm³/mol. The highest BCUT2D eigenvalue weighted by atomic mass is 16.5. The molecule has 0 aliphatic carbocycles. The van der Waals surface area contributed by atoms with Crippen molar-refractivity contribution in [2.45, 2.75) is 39.0 Å². The highest BCUT2D eigenvalue weighted by molar-refractivity contribution is 5.51. The van der Waals surface area contributed by atoms with Crippen molar-refractivity contribution in [3.63, 3.8) is 0 Å². The second-order valence-corrected chi connectivity index (χ2v) is 4.86. The summed E-state index contributed by atoms with van der Waals surface area (Å²) in [6.45, 7) is 5.75. The zero-order valence-corrected chi connectivity index (χ0v) is 10.9. The van der Waals surface area contributed by atoms with E-state index in [4.69, 9.17) is 10.5 Å². The van der Waals surface area contributed by atoms with E-state index in [1.807, 2.05) is 0 Å². The smallest absolute Gasteiger partial charge is 0.0750 e. The summed E-state index contributed by atoms with van der Waals surface area (Å²) in [5.41, 5.74) is 9.43. The van der Waals surface area contributed by atoms with Gasteiger partial charge in [-0.05, 0) is 43.5 Å². The van der Waals surface area contributed by atoms with Crippen LogP contribution in [-0.4, -0.2) is 25.8 Å². The van der Waals surface area contributed by atoms with Crippen molar-refractivity contribution in [2.24, 2.45) is 5.73 Å². The van der Waals surface area contributed by atoms with Crippen LogP contribution in [0, 0.1) is 6.92 Å². The van der Waals surface area contributed by atoms with Gasteiger partial charge in [0.1, 0.15) is 0 Å². The SMILES string of the molecule is Cc1cc(N(C)C2CCOC2C)ccc1CN. The molecular weight excluding hydrogens is 212 g/mol. The first-order valence-electron chi connectivity index (χ1n) is 6.27. The summed E-state index contributed by atoms with van der Waals surface area (Å²) in [4.78, 5) is 2.32. The molecule has 1 aromatic rings. The molecular formula is C14H22N2O. The number of hydrogen-bond acceptors (Lipinski definition) is 3. The summed E-state index contributed by atoms with van der Waals surface area (Å²) in [7, 11) is 2.15. The van der Waals surface area contributed by atoms with Crippen molar-refractivity contribution in [3.8, 4) is 0 Å². The summed E-state index contributed by atoms with van der Waals surface area (Å²) in [6.07, 6.45) is 1.42. The molecule has 2 rings (SSSR count). The van der Waals surface area contributed by atoms with E-state index in [9.17, 15) is 0 Å². The second-order valence-electron chi connectivity index (χ2n) is 4.86. The van der Waals surface area contributed by atoms with Crippen LogP contribution in [0.25, 0.3) is 0 Å². The largest absolute Gasteiger partial charge is 0.376 e. The Morgan fingerprint density at radius 1 is 1.47 bits per heavy atom. The van der Waals surface area contributed by atoms with Crippen molar-refractivity contribution < 1.29 is 4.74 Å². The Balaban J connectivity index is 2.19. The zero-order chi connectivity index (χ0) is 12.4. The minimum absolute atomic E-state index is 0.314. The minimum atomic E-state index is 0.314. The highest BCUT2D eigenvalue weighted by Crippen LogP contribution is 2.25. The lowest BCUT2D eigenvalue weighted by Crippen LogP contribution is -2.36. The Morgan fingerprint density at radius 3 is 2.76 bits per heavy atom. The van der Waals surface area contributed by atoms with E-state index < -0.39 is 0 Å². The van der Waals surface area contributed by atoms with Gasteiger partial charge >= 0.3 is 0 Å². The van der Waals surface area contributed by atoms with Crippen LogP contribution in [-0.2, 0) is 11.3 Å². The minimum Gasteiger partial charge on any atom is -0.376 e. The third-order valence-electron chi connectivity index (χ3n) is 3.79. The molecule has 1 saturated heterocycles. The van der Waals surface area contributed by atoms with E-state index in [-0.39, 0.29) is 0 Å². The third kappa shape index (κ3) is 2.45. The lowest BCUT2D eigenvalue weighted by Gasteiger charge is -2.29. The summed E-state index contributed by atoms with van der Waals surface area (Å²) < 4.78 is 5.62. The van der Waals surface area contributed by atoms with E-state index in [1.165, 1.54) is 16.8 Å². The maximum atomic E-state index is 5.69. The molecule has 1 heterocycles. The second kappa shape index (κ2) is 5.07. The highest BCUT2D eigenvalue weighted by Gasteiger charge is 2.28. The molecule has 0 spiro atoms. The van der Waals surface area contributed by atoms with Crippen LogP contribution in [0.5, 0.6) is 0 Å². The molecule has 0 aromatic heterocycles. The van der Waals surface area contributed by atoms with Gasteiger partial charge in [-0.15, -0.1) is 0 Å². The Labute approximate surface area is 104 Å². The molecule has 2 unspecified atom stereocenters. The predicted octanol–water partition coefficient (Wildman–Crippen LogP) is 2.07. The summed E-state index contributed by atoms with van der Waals surface area (Å²) in [5.74, 6) is 0. The van der Waals surface area contributed by atoms with Crippen LogP contribution in [0.15, 0.2) is 18.2 Å². The van der Waals surface area contributed by atoms with Crippen LogP contribution in [0.4, 0.5) is 5.69 Å². The van der Waals surface area contributed by atoms with Crippen molar-refractivity contribution in [3.05, 3.63) is 29.3 Å². The Kier molecular flexibility index (Phi) is 3.69. The van der Waals surface area contributed by atoms with E-state index >= 15 is 0 Å². The fourth-order valence-corrected chi connectivity index (χ4v) is 2.55. The molecule has 1 aliphatic rings. The Bertz CT molecular complexity index is 392. The number of aryl methyl sites for hydroxylation is 1. The third-order valence-corrected chi connectivity index (χ3v) is 3.79. The number of likely N-dealkylation sites (N-methyl/N-ethyl adjacent to an activating group) is 1. The molecule has 1 fully saturated rings. The number of nitrogens with two attached hydrogens (primary N) is 1. The van der Waals surface area contributed by atoms with E-state index in [0.29, 0.717) is 18.7 Å².